The van der Waals surface area contributed by atoms with Crippen LogP contribution in [0.15, 0.2) is 43.0 Å². The van der Waals surface area contributed by atoms with Crippen LogP contribution in [0.3, 0.4) is 0 Å². The van der Waals surface area contributed by atoms with Crippen LogP contribution >= 0.6 is 0 Å². The standard InChI is InChI=1S/C19H25N3O2/c1-15(21-13-11-20-14-21)19(23)22-12-5-3-4-6-18(22)16-7-9-17(24-2)10-8-16/h7-11,13-15,18H,3-6,12H2,1-2H3. The predicted octanol–water partition coefficient (Wildman–Crippen LogP) is 3.60. The topological polar surface area (TPSA) is 47.4 Å². The second-order valence-electron chi connectivity index (χ2n) is 6.36. The van der Waals surface area contributed by atoms with Gasteiger partial charge in [0.1, 0.15) is 11.8 Å². The Balaban J connectivity index is 1.85. The number of likely N-dealkylation sites (tertiary alicyclic amines) is 1. The first-order valence-corrected chi connectivity index (χ1v) is 8.62. The molecule has 0 radical (unpaired) electrons. The van der Waals surface area contributed by atoms with Crippen LogP contribution < -0.4 is 4.74 Å². The van der Waals surface area contributed by atoms with Gasteiger partial charge in [-0.2, -0.15) is 0 Å². The number of hydrogen-bond acceptors (Lipinski definition) is 3. The van der Waals surface area contributed by atoms with Crippen molar-refractivity contribution in [3.05, 3.63) is 48.5 Å². The third kappa shape index (κ3) is 3.45. The van der Waals surface area contributed by atoms with Crippen LogP contribution in [0.1, 0.15) is 50.3 Å². The van der Waals surface area contributed by atoms with Gasteiger partial charge in [0.2, 0.25) is 5.91 Å². The maximum atomic E-state index is 13.1. The molecule has 1 aromatic carbocycles. The van der Waals surface area contributed by atoms with E-state index in [4.69, 9.17) is 4.74 Å². The molecule has 1 fully saturated rings. The van der Waals surface area contributed by atoms with Crippen molar-refractivity contribution >= 4 is 5.91 Å². The molecular weight excluding hydrogens is 302 g/mol. The van der Waals surface area contributed by atoms with E-state index in [1.54, 1.807) is 19.6 Å². The zero-order valence-electron chi connectivity index (χ0n) is 14.4. The number of amides is 1. The molecule has 0 N–H and O–H groups in total. The Bertz CT molecular complexity index is 652. The van der Waals surface area contributed by atoms with E-state index in [-0.39, 0.29) is 18.0 Å². The molecule has 1 aliphatic heterocycles. The summed E-state index contributed by atoms with van der Waals surface area (Å²) in [6.07, 6.45) is 9.68. The van der Waals surface area contributed by atoms with Gasteiger partial charge in [-0.15, -0.1) is 0 Å². The zero-order chi connectivity index (χ0) is 16.9. The molecular formula is C19H25N3O2. The maximum absolute atomic E-state index is 13.1. The van der Waals surface area contributed by atoms with Gasteiger partial charge >= 0.3 is 0 Å². The summed E-state index contributed by atoms with van der Waals surface area (Å²) in [4.78, 5) is 19.2. The molecule has 0 bridgehead atoms. The molecule has 3 rings (SSSR count). The Morgan fingerprint density at radius 1 is 1.25 bits per heavy atom. The third-order valence-electron chi connectivity index (χ3n) is 4.87. The van der Waals surface area contributed by atoms with Crippen LogP contribution in [-0.2, 0) is 4.79 Å². The van der Waals surface area contributed by atoms with E-state index in [9.17, 15) is 4.79 Å². The monoisotopic (exact) mass is 327 g/mol. The van der Waals surface area contributed by atoms with Gasteiger partial charge < -0.3 is 14.2 Å². The molecule has 24 heavy (non-hydrogen) atoms. The first kappa shape index (κ1) is 16.6. The average Bonchev–Trinajstić information content (AvgIpc) is 3.05. The highest BCUT2D eigenvalue weighted by molar-refractivity contribution is 5.80. The maximum Gasteiger partial charge on any atom is 0.245 e. The Labute approximate surface area is 143 Å². The fraction of sp³-hybridized carbons (Fsp3) is 0.474. The first-order chi connectivity index (χ1) is 11.7. The van der Waals surface area contributed by atoms with Gasteiger partial charge in [0, 0.05) is 18.9 Å². The summed E-state index contributed by atoms with van der Waals surface area (Å²) < 4.78 is 7.13. The molecule has 2 atom stereocenters. The van der Waals surface area contributed by atoms with E-state index in [2.05, 4.69) is 22.0 Å². The lowest BCUT2D eigenvalue weighted by Gasteiger charge is -2.33. The summed E-state index contributed by atoms with van der Waals surface area (Å²) >= 11 is 0. The van der Waals surface area contributed by atoms with E-state index in [0.29, 0.717) is 0 Å². The van der Waals surface area contributed by atoms with Gasteiger partial charge in [-0.05, 0) is 37.5 Å². The second kappa shape index (κ2) is 7.51. The number of carbonyl (C=O) groups is 1. The quantitative estimate of drug-likeness (QED) is 0.862. The van der Waals surface area contributed by atoms with Gasteiger partial charge in [-0.3, -0.25) is 4.79 Å². The van der Waals surface area contributed by atoms with Crippen LogP contribution in [0.5, 0.6) is 5.75 Å². The Hall–Kier alpha value is -2.30. The van der Waals surface area contributed by atoms with Crippen molar-refractivity contribution in [2.45, 2.75) is 44.7 Å². The molecule has 0 aliphatic carbocycles. The summed E-state index contributed by atoms with van der Waals surface area (Å²) in [5, 5.41) is 0. The minimum atomic E-state index is -0.230. The van der Waals surface area contributed by atoms with Crippen molar-refractivity contribution in [2.24, 2.45) is 0 Å². The van der Waals surface area contributed by atoms with E-state index in [1.165, 1.54) is 12.0 Å². The number of hydrogen-bond donors (Lipinski definition) is 0. The smallest absolute Gasteiger partial charge is 0.245 e. The van der Waals surface area contributed by atoms with Crippen LogP contribution in [0.4, 0.5) is 0 Å². The molecule has 0 saturated carbocycles. The average molecular weight is 327 g/mol. The lowest BCUT2D eigenvalue weighted by atomic mass is 10.00. The molecule has 2 aromatic rings. The first-order valence-electron chi connectivity index (χ1n) is 8.62. The molecule has 5 nitrogen and oxygen atoms in total. The summed E-state index contributed by atoms with van der Waals surface area (Å²) in [5.74, 6) is 1.01. The molecule has 2 unspecified atom stereocenters. The van der Waals surface area contributed by atoms with Crippen LogP contribution in [0.25, 0.3) is 0 Å². The Morgan fingerprint density at radius 3 is 2.71 bits per heavy atom. The van der Waals surface area contributed by atoms with Crippen LogP contribution in [-0.4, -0.2) is 34.0 Å². The Morgan fingerprint density at radius 2 is 2.04 bits per heavy atom. The van der Waals surface area contributed by atoms with Crippen molar-refractivity contribution in [1.29, 1.82) is 0 Å². The minimum Gasteiger partial charge on any atom is -0.497 e. The number of ether oxygens (including phenoxy) is 1. The molecule has 2 heterocycles. The van der Waals surface area contributed by atoms with Gasteiger partial charge in [0.15, 0.2) is 0 Å². The van der Waals surface area contributed by atoms with Crippen molar-refractivity contribution in [3.63, 3.8) is 0 Å². The summed E-state index contributed by atoms with van der Waals surface area (Å²) in [6, 6.07) is 8.02. The number of methoxy groups -OCH3 is 1. The Kier molecular flexibility index (Phi) is 5.18. The van der Waals surface area contributed by atoms with Gasteiger partial charge in [0.05, 0.1) is 19.5 Å². The lowest BCUT2D eigenvalue weighted by Crippen LogP contribution is -2.38. The van der Waals surface area contributed by atoms with Crippen LogP contribution in [0, 0.1) is 0 Å². The molecule has 1 amide bonds. The zero-order valence-corrected chi connectivity index (χ0v) is 14.4. The number of carbonyl (C=O) groups excluding carboxylic acids is 1. The summed E-state index contributed by atoms with van der Waals surface area (Å²) in [5.41, 5.74) is 1.18. The second-order valence-corrected chi connectivity index (χ2v) is 6.36. The summed E-state index contributed by atoms with van der Waals surface area (Å²) in [6.45, 7) is 2.76. The number of nitrogens with zero attached hydrogens (tertiary/aromatic N) is 3. The van der Waals surface area contributed by atoms with Crippen LogP contribution in [0.2, 0.25) is 0 Å². The molecule has 1 saturated heterocycles. The fourth-order valence-electron chi connectivity index (χ4n) is 3.41. The van der Waals surface area contributed by atoms with Crippen molar-refractivity contribution in [1.82, 2.24) is 14.5 Å². The highest BCUT2D eigenvalue weighted by Crippen LogP contribution is 2.32. The fourth-order valence-corrected chi connectivity index (χ4v) is 3.41. The third-order valence-corrected chi connectivity index (χ3v) is 4.87. The number of rotatable bonds is 4. The van der Waals surface area contributed by atoms with Crippen molar-refractivity contribution in [3.8, 4) is 5.75 Å². The van der Waals surface area contributed by atoms with E-state index in [0.717, 1.165) is 31.6 Å². The predicted molar refractivity (Wildman–Crippen MR) is 92.9 cm³/mol. The minimum absolute atomic E-state index is 0.136. The normalized spacial score (nSPS) is 19.6. The van der Waals surface area contributed by atoms with E-state index >= 15 is 0 Å². The largest absolute Gasteiger partial charge is 0.497 e. The van der Waals surface area contributed by atoms with Crippen molar-refractivity contribution < 1.29 is 9.53 Å². The highest BCUT2D eigenvalue weighted by Gasteiger charge is 2.30. The van der Waals surface area contributed by atoms with Gasteiger partial charge in [-0.25, -0.2) is 4.98 Å². The molecule has 128 valence electrons. The molecule has 1 aliphatic rings. The van der Waals surface area contributed by atoms with E-state index < -0.39 is 0 Å². The number of benzene rings is 1. The molecule has 5 heteroatoms. The van der Waals surface area contributed by atoms with E-state index in [1.807, 2.05) is 29.8 Å². The lowest BCUT2D eigenvalue weighted by molar-refractivity contribution is -0.136. The number of imidazole rings is 1. The van der Waals surface area contributed by atoms with Gasteiger partial charge in [-0.1, -0.05) is 25.0 Å². The summed E-state index contributed by atoms with van der Waals surface area (Å²) in [7, 11) is 1.67. The number of aromatic nitrogens is 2. The molecule has 0 spiro atoms. The van der Waals surface area contributed by atoms with Gasteiger partial charge in [0.25, 0.3) is 0 Å². The highest BCUT2D eigenvalue weighted by atomic mass is 16.5. The molecule has 1 aromatic heterocycles. The SMILES string of the molecule is COc1ccc(C2CCCCCN2C(=O)C(C)n2ccnc2)cc1. The van der Waals surface area contributed by atoms with Crippen molar-refractivity contribution in [2.75, 3.05) is 13.7 Å².